The molecule has 2 aromatic rings. The molecule has 2 amide bonds. The summed E-state index contributed by atoms with van der Waals surface area (Å²) in [6.45, 7) is 0.137. The number of hydrogen-bond acceptors (Lipinski definition) is 3. The van der Waals surface area contributed by atoms with Crippen LogP contribution in [0.1, 0.15) is 21.5 Å². The summed E-state index contributed by atoms with van der Waals surface area (Å²) in [6, 6.07) is 15.6. The van der Waals surface area contributed by atoms with Gasteiger partial charge >= 0.3 is 0 Å². The first kappa shape index (κ1) is 16.5. The van der Waals surface area contributed by atoms with Gasteiger partial charge in [-0.05, 0) is 29.8 Å². The van der Waals surface area contributed by atoms with Gasteiger partial charge in [0.05, 0.1) is 28.8 Å². The maximum absolute atomic E-state index is 11.9. The van der Waals surface area contributed by atoms with Crippen LogP contribution in [-0.4, -0.2) is 18.4 Å². The van der Waals surface area contributed by atoms with Crippen molar-refractivity contribution in [1.82, 2.24) is 10.6 Å². The van der Waals surface area contributed by atoms with Crippen molar-refractivity contribution in [3.63, 3.8) is 0 Å². The fourth-order valence-electron chi connectivity index (χ4n) is 1.92. The molecule has 23 heavy (non-hydrogen) atoms. The number of rotatable bonds is 5. The summed E-state index contributed by atoms with van der Waals surface area (Å²) < 4.78 is 0. The molecule has 0 spiro atoms. The zero-order valence-corrected chi connectivity index (χ0v) is 12.9. The standard InChI is InChI=1S/C17H14ClN3O2/c18-15-7-2-1-6-14(15)17(23)21-11-16(22)20-10-13-5-3-4-12(8-13)9-19/h1-8H,10-11H2,(H,20,22)(H,21,23). The molecule has 0 unspecified atom stereocenters. The van der Waals surface area contributed by atoms with Gasteiger partial charge in [-0.1, -0.05) is 35.9 Å². The summed E-state index contributed by atoms with van der Waals surface area (Å²) in [5.41, 5.74) is 1.67. The Hall–Kier alpha value is -2.84. The van der Waals surface area contributed by atoms with E-state index in [1.165, 1.54) is 0 Å². The highest BCUT2D eigenvalue weighted by atomic mass is 35.5. The van der Waals surface area contributed by atoms with E-state index in [9.17, 15) is 9.59 Å². The van der Waals surface area contributed by atoms with Crippen molar-refractivity contribution in [3.8, 4) is 6.07 Å². The third-order valence-electron chi connectivity index (χ3n) is 3.07. The fourth-order valence-corrected chi connectivity index (χ4v) is 2.14. The smallest absolute Gasteiger partial charge is 0.253 e. The fraction of sp³-hybridized carbons (Fsp3) is 0.118. The maximum atomic E-state index is 11.9. The average molecular weight is 328 g/mol. The third kappa shape index (κ3) is 4.83. The second kappa shape index (κ2) is 7.97. The molecule has 0 atom stereocenters. The molecule has 5 nitrogen and oxygen atoms in total. The van der Waals surface area contributed by atoms with Crippen molar-refractivity contribution in [2.75, 3.05) is 6.54 Å². The molecular weight excluding hydrogens is 314 g/mol. The maximum Gasteiger partial charge on any atom is 0.253 e. The monoisotopic (exact) mass is 327 g/mol. The van der Waals surface area contributed by atoms with Crippen LogP contribution in [0.5, 0.6) is 0 Å². The lowest BCUT2D eigenvalue weighted by molar-refractivity contribution is -0.120. The van der Waals surface area contributed by atoms with Crippen LogP contribution in [0.2, 0.25) is 5.02 Å². The van der Waals surface area contributed by atoms with Crippen LogP contribution in [-0.2, 0) is 11.3 Å². The van der Waals surface area contributed by atoms with Gasteiger partial charge in [0.2, 0.25) is 5.91 Å². The Morgan fingerprint density at radius 3 is 2.61 bits per heavy atom. The van der Waals surface area contributed by atoms with Gasteiger partial charge in [0, 0.05) is 6.54 Å². The van der Waals surface area contributed by atoms with Gasteiger partial charge < -0.3 is 10.6 Å². The number of carbonyl (C=O) groups is 2. The van der Waals surface area contributed by atoms with E-state index in [0.29, 0.717) is 16.1 Å². The van der Waals surface area contributed by atoms with E-state index in [0.717, 1.165) is 5.56 Å². The first-order valence-corrected chi connectivity index (χ1v) is 7.26. The summed E-state index contributed by atoms with van der Waals surface area (Å²) in [6.07, 6.45) is 0. The Bertz CT molecular complexity index is 768. The zero-order chi connectivity index (χ0) is 16.7. The highest BCUT2D eigenvalue weighted by molar-refractivity contribution is 6.33. The lowest BCUT2D eigenvalue weighted by Gasteiger charge is -2.08. The molecule has 0 saturated carbocycles. The van der Waals surface area contributed by atoms with Crippen LogP contribution < -0.4 is 10.6 Å². The molecule has 0 radical (unpaired) electrons. The molecule has 2 N–H and O–H groups in total. The number of halogens is 1. The number of nitrogens with one attached hydrogen (secondary N) is 2. The Balaban J connectivity index is 1.82. The molecule has 0 fully saturated rings. The minimum Gasteiger partial charge on any atom is -0.350 e. The third-order valence-corrected chi connectivity index (χ3v) is 3.40. The molecule has 0 bridgehead atoms. The number of hydrogen-bond donors (Lipinski definition) is 2. The topological polar surface area (TPSA) is 82.0 Å². The Labute approximate surface area is 138 Å². The van der Waals surface area contributed by atoms with Crippen LogP contribution in [0.3, 0.4) is 0 Å². The molecule has 2 rings (SSSR count). The number of benzene rings is 2. The Morgan fingerprint density at radius 1 is 1.09 bits per heavy atom. The number of nitriles is 1. The number of carbonyl (C=O) groups excluding carboxylic acids is 2. The van der Waals surface area contributed by atoms with Crippen LogP contribution in [0, 0.1) is 11.3 Å². The SMILES string of the molecule is N#Cc1cccc(CNC(=O)CNC(=O)c2ccccc2Cl)c1. The van der Waals surface area contributed by atoms with E-state index in [1.807, 2.05) is 12.1 Å². The van der Waals surface area contributed by atoms with E-state index in [2.05, 4.69) is 10.6 Å². The van der Waals surface area contributed by atoms with E-state index < -0.39 is 5.91 Å². The average Bonchev–Trinajstić information content (AvgIpc) is 2.58. The summed E-state index contributed by atoms with van der Waals surface area (Å²) in [4.78, 5) is 23.7. The van der Waals surface area contributed by atoms with Crippen molar-refractivity contribution >= 4 is 23.4 Å². The van der Waals surface area contributed by atoms with Gasteiger partial charge in [0.1, 0.15) is 0 Å². The van der Waals surface area contributed by atoms with Crippen molar-refractivity contribution < 1.29 is 9.59 Å². The highest BCUT2D eigenvalue weighted by Crippen LogP contribution is 2.14. The first-order valence-electron chi connectivity index (χ1n) is 6.88. The van der Waals surface area contributed by atoms with Crippen molar-refractivity contribution in [1.29, 1.82) is 5.26 Å². The number of amides is 2. The van der Waals surface area contributed by atoms with Crippen LogP contribution in [0.25, 0.3) is 0 Å². The van der Waals surface area contributed by atoms with Gasteiger partial charge in [-0.25, -0.2) is 0 Å². The van der Waals surface area contributed by atoms with Gasteiger partial charge in [-0.3, -0.25) is 9.59 Å². The largest absolute Gasteiger partial charge is 0.350 e. The van der Waals surface area contributed by atoms with Crippen molar-refractivity contribution in [3.05, 3.63) is 70.2 Å². The summed E-state index contributed by atoms with van der Waals surface area (Å²) in [5.74, 6) is -0.731. The Kier molecular flexibility index (Phi) is 5.73. The lowest BCUT2D eigenvalue weighted by Crippen LogP contribution is -2.36. The van der Waals surface area contributed by atoms with E-state index in [4.69, 9.17) is 16.9 Å². The zero-order valence-electron chi connectivity index (χ0n) is 12.2. The van der Waals surface area contributed by atoms with Crippen LogP contribution in [0.4, 0.5) is 0 Å². The molecule has 0 heterocycles. The predicted octanol–water partition coefficient (Wildman–Crippen LogP) is 2.26. The summed E-state index contributed by atoms with van der Waals surface area (Å²) >= 11 is 5.92. The molecule has 0 aliphatic rings. The van der Waals surface area contributed by atoms with Crippen molar-refractivity contribution in [2.45, 2.75) is 6.54 Å². The van der Waals surface area contributed by atoms with Crippen LogP contribution in [0.15, 0.2) is 48.5 Å². The molecule has 0 aliphatic heterocycles. The lowest BCUT2D eigenvalue weighted by atomic mass is 10.1. The normalized spacial score (nSPS) is 9.74. The van der Waals surface area contributed by atoms with Gasteiger partial charge in [-0.2, -0.15) is 5.26 Å². The molecule has 0 aliphatic carbocycles. The quantitative estimate of drug-likeness (QED) is 0.883. The summed E-state index contributed by atoms with van der Waals surface area (Å²) in [7, 11) is 0. The Morgan fingerprint density at radius 2 is 1.87 bits per heavy atom. The molecule has 116 valence electrons. The highest BCUT2D eigenvalue weighted by Gasteiger charge is 2.10. The van der Waals surface area contributed by atoms with Crippen molar-refractivity contribution in [2.24, 2.45) is 0 Å². The molecule has 0 saturated heterocycles. The van der Waals surface area contributed by atoms with E-state index >= 15 is 0 Å². The minimum atomic E-state index is -0.405. The predicted molar refractivity (Wildman–Crippen MR) is 86.8 cm³/mol. The number of nitrogens with zero attached hydrogens (tertiary/aromatic N) is 1. The van der Waals surface area contributed by atoms with E-state index in [-0.39, 0.29) is 19.0 Å². The van der Waals surface area contributed by atoms with Gasteiger partial charge in [-0.15, -0.1) is 0 Å². The second-order valence-corrected chi connectivity index (χ2v) is 5.16. The second-order valence-electron chi connectivity index (χ2n) is 4.75. The first-order chi connectivity index (χ1) is 11.1. The van der Waals surface area contributed by atoms with Gasteiger partial charge in [0.15, 0.2) is 0 Å². The van der Waals surface area contributed by atoms with Crippen LogP contribution >= 0.6 is 11.6 Å². The minimum absolute atomic E-state index is 0.151. The molecule has 0 aromatic heterocycles. The molecular formula is C17H14ClN3O2. The molecule has 6 heteroatoms. The van der Waals surface area contributed by atoms with Gasteiger partial charge in [0.25, 0.3) is 5.91 Å². The van der Waals surface area contributed by atoms with E-state index in [1.54, 1.807) is 42.5 Å². The molecule has 2 aromatic carbocycles. The summed E-state index contributed by atoms with van der Waals surface area (Å²) in [5, 5.41) is 14.3.